The van der Waals surface area contributed by atoms with Crippen LogP contribution in [-0.2, 0) is 24.2 Å². The first-order chi connectivity index (χ1) is 14.1. The van der Waals surface area contributed by atoms with Crippen molar-refractivity contribution >= 4 is 11.7 Å². The Hall–Kier alpha value is -3.41. The highest BCUT2D eigenvalue weighted by Crippen LogP contribution is 2.26. The number of hydrogen-bond donors (Lipinski definition) is 2. The van der Waals surface area contributed by atoms with Crippen LogP contribution in [0.3, 0.4) is 0 Å². The van der Waals surface area contributed by atoms with E-state index < -0.39 is 12.5 Å². The van der Waals surface area contributed by atoms with Crippen LogP contribution in [0.4, 0.5) is 5.69 Å². The zero-order chi connectivity index (χ0) is 20.2. The van der Waals surface area contributed by atoms with Crippen molar-refractivity contribution in [2.24, 2.45) is 0 Å². The van der Waals surface area contributed by atoms with E-state index >= 15 is 0 Å². The number of carboxylic acid groups (broad SMARTS) is 1. The molecule has 29 heavy (non-hydrogen) atoms. The molecule has 0 saturated carbocycles. The first-order valence-electron chi connectivity index (χ1n) is 9.83. The molecule has 4 rings (SSSR count). The number of rotatable bonds is 6. The number of aliphatic carboxylic acids is 1. The number of hydrogen-bond acceptors (Lipinski definition) is 4. The summed E-state index contributed by atoms with van der Waals surface area (Å²) in [7, 11) is 0. The fourth-order valence-electron chi connectivity index (χ4n) is 3.80. The second-order valence-corrected chi connectivity index (χ2v) is 7.31. The van der Waals surface area contributed by atoms with Gasteiger partial charge in [0.1, 0.15) is 18.1 Å². The molecule has 2 N–H and O–H groups in total. The molecule has 1 aromatic heterocycles. The Morgan fingerprint density at radius 1 is 1.10 bits per heavy atom. The lowest BCUT2D eigenvalue weighted by molar-refractivity contribution is -0.137. The van der Waals surface area contributed by atoms with Gasteiger partial charge in [0.25, 0.3) is 5.56 Å². The SMILES string of the molecule is O=C(O)Cn1c(-c2ccccc2)nc2c(c1=O)NC(CCc1ccccc1)CC2. The Morgan fingerprint density at radius 3 is 2.48 bits per heavy atom. The van der Waals surface area contributed by atoms with E-state index in [1.54, 1.807) is 0 Å². The predicted molar refractivity (Wildman–Crippen MR) is 112 cm³/mol. The van der Waals surface area contributed by atoms with Crippen LogP contribution >= 0.6 is 0 Å². The number of anilines is 1. The molecule has 0 aliphatic carbocycles. The molecule has 0 spiro atoms. The molecule has 6 heteroatoms. The highest BCUT2D eigenvalue weighted by Gasteiger charge is 2.25. The average Bonchev–Trinajstić information content (AvgIpc) is 2.75. The fourth-order valence-corrected chi connectivity index (χ4v) is 3.80. The summed E-state index contributed by atoms with van der Waals surface area (Å²) in [4.78, 5) is 29.2. The van der Waals surface area contributed by atoms with Crippen molar-refractivity contribution in [3.05, 3.63) is 82.3 Å². The van der Waals surface area contributed by atoms with Gasteiger partial charge >= 0.3 is 5.97 Å². The number of nitrogens with zero attached hydrogens (tertiary/aromatic N) is 2. The Morgan fingerprint density at radius 2 is 1.79 bits per heavy atom. The third-order valence-electron chi connectivity index (χ3n) is 5.27. The summed E-state index contributed by atoms with van der Waals surface area (Å²) in [6.45, 7) is -0.417. The standard InChI is InChI=1S/C23H23N3O3/c27-20(28)15-26-22(17-9-5-2-6-10-17)25-19-14-13-18(24-21(19)23(26)29)12-11-16-7-3-1-4-8-16/h1-10,18,24H,11-15H2,(H,27,28). The Balaban J connectivity index is 1.64. The third kappa shape index (κ3) is 4.21. The molecule has 3 aromatic rings. The summed E-state index contributed by atoms with van der Waals surface area (Å²) in [6, 6.07) is 19.7. The molecule has 1 unspecified atom stereocenters. The van der Waals surface area contributed by atoms with Crippen LogP contribution in [-0.4, -0.2) is 26.7 Å². The number of aromatic nitrogens is 2. The van der Waals surface area contributed by atoms with Crippen molar-refractivity contribution in [3.63, 3.8) is 0 Å². The van der Waals surface area contributed by atoms with Gasteiger partial charge in [-0.15, -0.1) is 0 Å². The first-order valence-corrected chi connectivity index (χ1v) is 9.83. The van der Waals surface area contributed by atoms with Crippen LogP contribution in [0, 0.1) is 0 Å². The fraction of sp³-hybridized carbons (Fsp3) is 0.261. The Bertz CT molecular complexity index is 1060. The molecule has 1 atom stereocenters. The van der Waals surface area contributed by atoms with Gasteiger partial charge in [0.15, 0.2) is 0 Å². The maximum atomic E-state index is 13.2. The highest BCUT2D eigenvalue weighted by molar-refractivity contribution is 5.69. The minimum absolute atomic E-state index is 0.165. The molecule has 1 aliphatic rings. The Kier molecular flexibility index (Phi) is 5.42. The summed E-state index contributed by atoms with van der Waals surface area (Å²) in [6.07, 6.45) is 3.42. The molecule has 1 aliphatic heterocycles. The minimum Gasteiger partial charge on any atom is -0.480 e. The van der Waals surface area contributed by atoms with Crippen molar-refractivity contribution in [3.8, 4) is 11.4 Å². The van der Waals surface area contributed by atoms with Gasteiger partial charge in [-0.25, -0.2) is 4.98 Å². The minimum atomic E-state index is -1.07. The van der Waals surface area contributed by atoms with E-state index in [0.29, 0.717) is 23.6 Å². The van der Waals surface area contributed by atoms with E-state index in [1.807, 2.05) is 48.5 Å². The molecule has 148 valence electrons. The second kappa shape index (κ2) is 8.31. The van der Waals surface area contributed by atoms with Crippen molar-refractivity contribution in [2.75, 3.05) is 5.32 Å². The van der Waals surface area contributed by atoms with E-state index in [1.165, 1.54) is 10.1 Å². The maximum absolute atomic E-state index is 13.2. The largest absolute Gasteiger partial charge is 0.480 e. The van der Waals surface area contributed by atoms with E-state index in [0.717, 1.165) is 24.8 Å². The van der Waals surface area contributed by atoms with Crippen molar-refractivity contribution < 1.29 is 9.90 Å². The molecule has 0 amide bonds. The second-order valence-electron chi connectivity index (χ2n) is 7.31. The van der Waals surface area contributed by atoms with E-state index in [9.17, 15) is 14.7 Å². The molecular formula is C23H23N3O3. The van der Waals surface area contributed by atoms with Gasteiger partial charge < -0.3 is 10.4 Å². The van der Waals surface area contributed by atoms with Gasteiger partial charge in [-0.2, -0.15) is 0 Å². The molecule has 6 nitrogen and oxygen atoms in total. The van der Waals surface area contributed by atoms with Crippen LogP contribution in [0.25, 0.3) is 11.4 Å². The third-order valence-corrected chi connectivity index (χ3v) is 5.27. The number of carbonyl (C=O) groups is 1. The van der Waals surface area contributed by atoms with Crippen LogP contribution in [0.2, 0.25) is 0 Å². The van der Waals surface area contributed by atoms with Gasteiger partial charge in [-0.3, -0.25) is 14.2 Å². The molecule has 2 heterocycles. The smallest absolute Gasteiger partial charge is 0.323 e. The topological polar surface area (TPSA) is 84.2 Å². The summed E-state index contributed by atoms with van der Waals surface area (Å²) in [5.41, 5.74) is 2.84. The molecule has 2 aromatic carbocycles. The van der Waals surface area contributed by atoms with E-state index in [4.69, 9.17) is 0 Å². The molecule has 0 radical (unpaired) electrons. The summed E-state index contributed by atoms with van der Waals surface area (Å²) in [5.74, 6) is -0.663. The number of carboxylic acids is 1. The Labute approximate surface area is 168 Å². The summed E-state index contributed by atoms with van der Waals surface area (Å²) < 4.78 is 1.25. The van der Waals surface area contributed by atoms with Gasteiger partial charge in [-0.05, 0) is 31.2 Å². The molecule has 0 saturated heterocycles. The number of benzene rings is 2. The van der Waals surface area contributed by atoms with Gasteiger partial charge in [0, 0.05) is 11.6 Å². The molecule has 0 fully saturated rings. The van der Waals surface area contributed by atoms with Crippen molar-refractivity contribution in [1.82, 2.24) is 9.55 Å². The molecule has 0 bridgehead atoms. The van der Waals surface area contributed by atoms with E-state index in [-0.39, 0.29) is 11.6 Å². The van der Waals surface area contributed by atoms with E-state index in [2.05, 4.69) is 22.4 Å². The van der Waals surface area contributed by atoms with Gasteiger partial charge in [0.05, 0.1) is 5.69 Å². The van der Waals surface area contributed by atoms with Crippen LogP contribution in [0.1, 0.15) is 24.1 Å². The quantitative estimate of drug-likeness (QED) is 0.675. The highest BCUT2D eigenvalue weighted by atomic mass is 16.4. The van der Waals surface area contributed by atoms with Crippen LogP contribution < -0.4 is 10.9 Å². The van der Waals surface area contributed by atoms with Crippen molar-refractivity contribution in [1.29, 1.82) is 0 Å². The molecular weight excluding hydrogens is 366 g/mol. The first kappa shape index (κ1) is 18.9. The van der Waals surface area contributed by atoms with Crippen LogP contribution in [0.5, 0.6) is 0 Å². The zero-order valence-corrected chi connectivity index (χ0v) is 16.0. The van der Waals surface area contributed by atoms with Gasteiger partial charge in [0.2, 0.25) is 0 Å². The average molecular weight is 389 g/mol. The number of fused-ring (bicyclic) bond motifs is 1. The summed E-state index contributed by atoms with van der Waals surface area (Å²) >= 11 is 0. The number of aryl methyl sites for hydroxylation is 2. The van der Waals surface area contributed by atoms with Gasteiger partial charge in [-0.1, -0.05) is 60.7 Å². The lowest BCUT2D eigenvalue weighted by Crippen LogP contribution is -2.36. The lowest BCUT2D eigenvalue weighted by Gasteiger charge is -2.27. The van der Waals surface area contributed by atoms with Crippen LogP contribution in [0.15, 0.2) is 65.5 Å². The summed E-state index contributed by atoms with van der Waals surface area (Å²) in [5, 5.41) is 12.7. The predicted octanol–water partition coefficient (Wildman–Crippen LogP) is 3.35. The maximum Gasteiger partial charge on any atom is 0.323 e. The monoisotopic (exact) mass is 389 g/mol. The zero-order valence-electron chi connectivity index (χ0n) is 16.0. The lowest BCUT2D eigenvalue weighted by atomic mass is 9.97. The normalized spacial score (nSPS) is 15.4. The number of nitrogens with one attached hydrogen (secondary N) is 1. The van der Waals surface area contributed by atoms with Crippen molar-refractivity contribution in [2.45, 2.75) is 38.3 Å².